The first-order chi connectivity index (χ1) is 13.6. The van der Waals surface area contributed by atoms with E-state index in [-0.39, 0.29) is 10.7 Å². The average molecular weight is 439 g/mol. The van der Waals surface area contributed by atoms with E-state index in [1.54, 1.807) is 6.92 Å². The van der Waals surface area contributed by atoms with Crippen LogP contribution in [0.2, 0.25) is 0 Å². The van der Waals surface area contributed by atoms with Crippen molar-refractivity contribution >= 4 is 23.5 Å². The molecule has 0 saturated carbocycles. The van der Waals surface area contributed by atoms with E-state index in [9.17, 15) is 9.50 Å². The number of hydrogen-bond acceptors (Lipinski definition) is 7. The van der Waals surface area contributed by atoms with Crippen LogP contribution >= 0.6 is 23.5 Å². The van der Waals surface area contributed by atoms with E-state index >= 15 is 0 Å². The highest BCUT2D eigenvalue weighted by molar-refractivity contribution is 7.95. The van der Waals surface area contributed by atoms with Crippen molar-refractivity contribution in [1.29, 1.82) is 0 Å². The van der Waals surface area contributed by atoms with Crippen molar-refractivity contribution in [2.24, 2.45) is 10.6 Å². The Kier molecular flexibility index (Phi) is 6.72. The highest BCUT2D eigenvalue weighted by Crippen LogP contribution is 2.47. The molecule has 2 aromatic heterocycles. The van der Waals surface area contributed by atoms with E-state index in [2.05, 4.69) is 34.5 Å². The number of nitrogens with zero attached hydrogens (tertiary/aromatic N) is 2. The van der Waals surface area contributed by atoms with E-state index in [1.165, 1.54) is 17.4 Å². The third-order valence-corrected chi connectivity index (χ3v) is 7.98. The van der Waals surface area contributed by atoms with Gasteiger partial charge < -0.3 is 5.11 Å². The maximum atomic E-state index is 13.4. The molecule has 2 unspecified atom stereocenters. The standard InChI is InChI=1S/C21H31FN4OS2/c1-15-5-6-16(13-24-15)19(2,3)26-12-11-21(14-26,20(4,27)25-29-23)10-9-17-7-8-18(22)28-17/h5-8,13,25,27H,9-12,14,23H2,1-4H3. The SMILES string of the molecule is Cc1ccc(C(C)(C)N2CCC(CCc3ccc(F)s3)(C(C)(O)NSN)C2)cn1. The van der Waals surface area contributed by atoms with Gasteiger partial charge in [0.1, 0.15) is 5.72 Å². The summed E-state index contributed by atoms with van der Waals surface area (Å²) >= 11 is 2.12. The normalized spacial score (nSPS) is 22.7. The van der Waals surface area contributed by atoms with Crippen LogP contribution in [-0.4, -0.2) is 33.8 Å². The molecule has 29 heavy (non-hydrogen) atoms. The van der Waals surface area contributed by atoms with Gasteiger partial charge in [0.25, 0.3) is 0 Å². The minimum Gasteiger partial charge on any atom is -0.375 e. The second-order valence-corrected chi connectivity index (χ2v) is 10.3. The van der Waals surface area contributed by atoms with Crippen molar-refractivity contribution in [3.05, 3.63) is 51.7 Å². The molecule has 160 valence electrons. The predicted molar refractivity (Wildman–Crippen MR) is 119 cm³/mol. The van der Waals surface area contributed by atoms with Crippen LogP contribution in [0.15, 0.2) is 30.5 Å². The zero-order chi connectivity index (χ0) is 21.3. The van der Waals surface area contributed by atoms with E-state index in [4.69, 9.17) is 5.14 Å². The number of hydrogen-bond donors (Lipinski definition) is 3. The number of halogens is 1. The van der Waals surface area contributed by atoms with Gasteiger partial charge in [0.2, 0.25) is 0 Å². The van der Waals surface area contributed by atoms with Crippen molar-refractivity contribution in [3.63, 3.8) is 0 Å². The van der Waals surface area contributed by atoms with Gasteiger partial charge in [-0.05, 0) is 77.3 Å². The molecule has 0 radical (unpaired) electrons. The lowest BCUT2D eigenvalue weighted by atomic mass is 9.73. The second-order valence-electron chi connectivity index (χ2n) is 8.70. The number of nitrogens with one attached hydrogen (secondary N) is 1. The molecular weight excluding hydrogens is 407 g/mol. The molecule has 3 rings (SSSR count). The number of aromatic nitrogens is 1. The number of nitrogens with two attached hydrogens (primary N) is 1. The smallest absolute Gasteiger partial charge is 0.176 e. The molecular formula is C21H31FN4OS2. The average Bonchev–Trinajstić information content (AvgIpc) is 3.28. The quantitative estimate of drug-likeness (QED) is 0.428. The minimum atomic E-state index is -1.15. The first kappa shape index (κ1) is 22.7. The van der Waals surface area contributed by atoms with E-state index in [1.807, 2.05) is 25.3 Å². The molecule has 5 nitrogen and oxygen atoms in total. The van der Waals surface area contributed by atoms with Crippen LogP contribution in [0.25, 0.3) is 0 Å². The molecule has 3 heterocycles. The lowest BCUT2D eigenvalue weighted by Crippen LogP contribution is -2.56. The van der Waals surface area contributed by atoms with Crippen LogP contribution in [0.5, 0.6) is 0 Å². The number of aryl methyl sites for hydroxylation is 2. The van der Waals surface area contributed by atoms with Gasteiger partial charge in [-0.15, -0.1) is 11.3 Å². The van der Waals surface area contributed by atoms with Gasteiger partial charge in [0.05, 0.1) is 0 Å². The first-order valence-corrected chi connectivity index (χ1v) is 11.6. The van der Waals surface area contributed by atoms with E-state index in [0.29, 0.717) is 6.54 Å². The largest absolute Gasteiger partial charge is 0.375 e. The Morgan fingerprint density at radius 3 is 2.69 bits per heavy atom. The first-order valence-electron chi connectivity index (χ1n) is 9.87. The maximum Gasteiger partial charge on any atom is 0.176 e. The van der Waals surface area contributed by atoms with Crippen molar-refractivity contribution < 1.29 is 9.50 Å². The van der Waals surface area contributed by atoms with Gasteiger partial charge in [0, 0.05) is 46.4 Å². The van der Waals surface area contributed by atoms with Gasteiger partial charge in [0.15, 0.2) is 5.13 Å². The third-order valence-electron chi connectivity index (χ3n) is 6.53. The van der Waals surface area contributed by atoms with Gasteiger partial charge in [-0.3, -0.25) is 15.0 Å². The molecule has 2 aromatic rings. The Bertz CT molecular complexity index is 824. The number of likely N-dealkylation sites (tertiary alicyclic amines) is 1. The van der Waals surface area contributed by atoms with Gasteiger partial charge >= 0.3 is 0 Å². The summed E-state index contributed by atoms with van der Waals surface area (Å²) in [5, 5.41) is 16.8. The van der Waals surface area contributed by atoms with Gasteiger partial charge in [-0.1, -0.05) is 6.07 Å². The zero-order valence-electron chi connectivity index (χ0n) is 17.5. The molecule has 0 aromatic carbocycles. The maximum absolute atomic E-state index is 13.4. The molecule has 1 fully saturated rings. The molecule has 0 bridgehead atoms. The topological polar surface area (TPSA) is 74.4 Å². The van der Waals surface area contributed by atoms with E-state index in [0.717, 1.165) is 54.1 Å². The molecule has 8 heteroatoms. The summed E-state index contributed by atoms with van der Waals surface area (Å²) < 4.78 is 16.4. The van der Waals surface area contributed by atoms with Gasteiger partial charge in [-0.25, -0.2) is 4.72 Å². The molecule has 0 amide bonds. The minimum absolute atomic E-state index is 0.169. The third kappa shape index (κ3) is 4.68. The number of thiophene rings is 1. The van der Waals surface area contributed by atoms with Crippen molar-refractivity contribution in [2.45, 2.75) is 58.2 Å². The summed E-state index contributed by atoms with van der Waals surface area (Å²) in [6.07, 6.45) is 4.23. The van der Waals surface area contributed by atoms with Crippen LogP contribution in [0.3, 0.4) is 0 Å². The second kappa shape index (κ2) is 8.61. The Balaban J connectivity index is 1.84. The summed E-state index contributed by atoms with van der Waals surface area (Å²) in [7, 11) is 0. The van der Waals surface area contributed by atoms with Crippen molar-refractivity contribution in [2.75, 3.05) is 13.1 Å². The van der Waals surface area contributed by atoms with Crippen LogP contribution in [0.1, 0.15) is 49.7 Å². The highest BCUT2D eigenvalue weighted by Gasteiger charge is 2.53. The Hall–Kier alpha value is -1.03. The number of pyridine rings is 1. The molecule has 1 aliphatic heterocycles. The fraction of sp³-hybridized carbons (Fsp3) is 0.571. The summed E-state index contributed by atoms with van der Waals surface area (Å²) in [5.74, 6) is 0. The summed E-state index contributed by atoms with van der Waals surface area (Å²) in [4.78, 5) is 7.87. The Morgan fingerprint density at radius 1 is 1.34 bits per heavy atom. The number of rotatable bonds is 8. The fourth-order valence-corrected chi connectivity index (χ4v) is 5.45. The highest BCUT2D eigenvalue weighted by atomic mass is 32.2. The van der Waals surface area contributed by atoms with Crippen LogP contribution in [0, 0.1) is 17.5 Å². The lowest BCUT2D eigenvalue weighted by Gasteiger charge is -2.44. The Labute approximate surface area is 181 Å². The van der Waals surface area contributed by atoms with Crippen LogP contribution < -0.4 is 9.86 Å². The molecule has 4 N–H and O–H groups in total. The predicted octanol–water partition coefficient (Wildman–Crippen LogP) is 3.97. The zero-order valence-corrected chi connectivity index (χ0v) is 19.2. The van der Waals surface area contributed by atoms with Gasteiger partial charge in [-0.2, -0.15) is 4.39 Å². The monoisotopic (exact) mass is 438 g/mol. The number of aliphatic hydroxyl groups is 1. The molecule has 1 aliphatic rings. The molecule has 1 saturated heterocycles. The summed E-state index contributed by atoms with van der Waals surface area (Å²) in [6, 6.07) is 7.51. The van der Waals surface area contributed by atoms with Crippen molar-refractivity contribution in [3.8, 4) is 0 Å². The van der Waals surface area contributed by atoms with Crippen LogP contribution in [0.4, 0.5) is 4.39 Å². The van der Waals surface area contributed by atoms with E-state index < -0.39 is 11.1 Å². The summed E-state index contributed by atoms with van der Waals surface area (Å²) in [5.41, 5.74) is 0.368. The lowest BCUT2D eigenvalue weighted by molar-refractivity contribution is -0.0809. The van der Waals surface area contributed by atoms with Crippen LogP contribution in [-0.2, 0) is 12.0 Å². The molecule has 0 aliphatic carbocycles. The summed E-state index contributed by atoms with van der Waals surface area (Å²) in [6.45, 7) is 9.74. The Morgan fingerprint density at radius 2 is 2.10 bits per heavy atom. The molecule has 2 atom stereocenters. The van der Waals surface area contributed by atoms with Crippen molar-refractivity contribution in [1.82, 2.24) is 14.6 Å². The molecule has 0 spiro atoms. The fourth-order valence-electron chi connectivity index (χ4n) is 4.28.